The van der Waals surface area contributed by atoms with Crippen LogP contribution in [0.4, 0.5) is 0 Å². The molecule has 0 rings (SSSR count). The lowest BCUT2D eigenvalue weighted by molar-refractivity contribution is 0.575. The second-order valence-electron chi connectivity index (χ2n) is 3.38. The highest BCUT2D eigenvalue weighted by molar-refractivity contribution is 7.80. The average Bonchev–Trinajstić information content (AvgIpc) is 2.16. The van der Waals surface area contributed by atoms with E-state index in [1.807, 2.05) is 0 Å². The second-order valence-corrected chi connectivity index (χ2v) is 3.83. The van der Waals surface area contributed by atoms with Crippen LogP contribution < -0.4 is 11.1 Å². The Kier molecular flexibility index (Phi) is 12.5. The fraction of sp³-hybridized carbons (Fsp3) is 1.00. The van der Waals surface area contributed by atoms with Gasteiger partial charge in [0.25, 0.3) is 0 Å². The van der Waals surface area contributed by atoms with Crippen LogP contribution in [-0.4, -0.2) is 25.4 Å². The molecule has 0 bridgehead atoms. The standard InChI is InChI=1S/C10H24N2S/c11-7-5-3-1-2-4-6-8-12-9-10-13/h12-13H,1-11H2. The van der Waals surface area contributed by atoms with Crippen LogP contribution in [0.3, 0.4) is 0 Å². The first-order valence-electron chi connectivity index (χ1n) is 5.43. The Morgan fingerprint density at radius 2 is 1.46 bits per heavy atom. The van der Waals surface area contributed by atoms with Gasteiger partial charge in [0.2, 0.25) is 0 Å². The minimum absolute atomic E-state index is 0.851. The van der Waals surface area contributed by atoms with Crippen molar-refractivity contribution in [3.05, 3.63) is 0 Å². The lowest BCUT2D eigenvalue weighted by atomic mass is 10.1. The zero-order valence-electron chi connectivity index (χ0n) is 8.60. The van der Waals surface area contributed by atoms with Crippen LogP contribution in [0.5, 0.6) is 0 Å². The van der Waals surface area contributed by atoms with Crippen molar-refractivity contribution in [1.29, 1.82) is 0 Å². The molecule has 0 aliphatic carbocycles. The summed E-state index contributed by atoms with van der Waals surface area (Å²) in [6.07, 6.45) is 7.87. The first-order valence-corrected chi connectivity index (χ1v) is 6.06. The summed E-state index contributed by atoms with van der Waals surface area (Å²) in [5, 5.41) is 3.34. The minimum atomic E-state index is 0.851. The summed E-state index contributed by atoms with van der Waals surface area (Å²) in [6.45, 7) is 3.04. The third-order valence-electron chi connectivity index (χ3n) is 2.10. The predicted octanol–water partition coefficient (Wildman–Crippen LogP) is 1.81. The summed E-state index contributed by atoms with van der Waals surface area (Å²) in [4.78, 5) is 0. The Balaban J connectivity index is 2.76. The molecule has 0 aromatic heterocycles. The van der Waals surface area contributed by atoms with Gasteiger partial charge in [-0.3, -0.25) is 0 Å². The van der Waals surface area contributed by atoms with E-state index in [1.165, 1.54) is 38.5 Å². The first kappa shape index (κ1) is 13.3. The lowest BCUT2D eigenvalue weighted by Gasteiger charge is -2.02. The molecule has 80 valence electrons. The molecule has 0 amide bonds. The molecule has 0 aromatic carbocycles. The van der Waals surface area contributed by atoms with Gasteiger partial charge in [-0.15, -0.1) is 0 Å². The molecule has 2 nitrogen and oxygen atoms in total. The van der Waals surface area contributed by atoms with E-state index in [0.29, 0.717) is 0 Å². The molecule has 0 heterocycles. The van der Waals surface area contributed by atoms with Crippen LogP contribution in [0.15, 0.2) is 0 Å². The van der Waals surface area contributed by atoms with Gasteiger partial charge in [0, 0.05) is 12.3 Å². The summed E-state index contributed by atoms with van der Waals surface area (Å²) in [6, 6.07) is 0. The SMILES string of the molecule is NCCCCCCCCNCCS. The van der Waals surface area contributed by atoms with Crippen molar-refractivity contribution in [2.45, 2.75) is 38.5 Å². The number of rotatable bonds is 10. The Morgan fingerprint density at radius 3 is 2.08 bits per heavy atom. The number of hydrogen-bond donors (Lipinski definition) is 3. The number of unbranched alkanes of at least 4 members (excludes halogenated alkanes) is 5. The van der Waals surface area contributed by atoms with E-state index in [2.05, 4.69) is 17.9 Å². The molecule has 3 heteroatoms. The Bertz CT molecular complexity index is 79.0. The van der Waals surface area contributed by atoms with E-state index in [0.717, 1.165) is 25.4 Å². The van der Waals surface area contributed by atoms with Crippen LogP contribution in [-0.2, 0) is 0 Å². The summed E-state index contributed by atoms with van der Waals surface area (Å²) >= 11 is 4.13. The monoisotopic (exact) mass is 204 g/mol. The van der Waals surface area contributed by atoms with Gasteiger partial charge < -0.3 is 11.1 Å². The molecule has 0 spiro atoms. The van der Waals surface area contributed by atoms with Gasteiger partial charge in [-0.05, 0) is 25.9 Å². The van der Waals surface area contributed by atoms with E-state index in [1.54, 1.807) is 0 Å². The topological polar surface area (TPSA) is 38.0 Å². The van der Waals surface area contributed by atoms with Gasteiger partial charge in [-0.1, -0.05) is 25.7 Å². The van der Waals surface area contributed by atoms with Crippen molar-refractivity contribution >= 4 is 12.6 Å². The molecule has 0 aromatic rings. The lowest BCUT2D eigenvalue weighted by Crippen LogP contribution is -2.17. The van der Waals surface area contributed by atoms with Crippen molar-refractivity contribution < 1.29 is 0 Å². The number of nitrogens with one attached hydrogen (secondary N) is 1. The highest BCUT2D eigenvalue weighted by Crippen LogP contribution is 2.03. The molecule has 0 saturated heterocycles. The molecule has 3 N–H and O–H groups in total. The van der Waals surface area contributed by atoms with E-state index in [9.17, 15) is 0 Å². The number of nitrogens with two attached hydrogens (primary N) is 1. The quantitative estimate of drug-likeness (QED) is 0.375. The zero-order chi connectivity index (χ0) is 9.78. The molecular weight excluding hydrogens is 180 g/mol. The second kappa shape index (κ2) is 12.3. The van der Waals surface area contributed by atoms with Crippen LogP contribution in [0.25, 0.3) is 0 Å². The molecule has 0 aliphatic rings. The maximum absolute atomic E-state index is 5.41. The van der Waals surface area contributed by atoms with E-state index in [-0.39, 0.29) is 0 Å². The summed E-state index contributed by atoms with van der Waals surface area (Å²) in [7, 11) is 0. The number of hydrogen-bond acceptors (Lipinski definition) is 3. The Hall–Kier alpha value is 0.270. The van der Waals surface area contributed by atoms with Crippen molar-refractivity contribution in [1.82, 2.24) is 5.32 Å². The predicted molar refractivity (Wildman–Crippen MR) is 63.5 cm³/mol. The molecule has 0 saturated carbocycles. The van der Waals surface area contributed by atoms with Crippen molar-refractivity contribution in [2.75, 3.05) is 25.4 Å². The van der Waals surface area contributed by atoms with Crippen molar-refractivity contribution in [3.63, 3.8) is 0 Å². The molecule has 0 unspecified atom stereocenters. The molecule has 0 radical (unpaired) electrons. The average molecular weight is 204 g/mol. The van der Waals surface area contributed by atoms with Gasteiger partial charge in [0.15, 0.2) is 0 Å². The minimum Gasteiger partial charge on any atom is -0.330 e. The summed E-state index contributed by atoms with van der Waals surface area (Å²) in [5.41, 5.74) is 5.41. The third-order valence-corrected chi connectivity index (χ3v) is 2.32. The Labute approximate surface area is 88.1 Å². The maximum atomic E-state index is 5.41. The van der Waals surface area contributed by atoms with E-state index >= 15 is 0 Å². The van der Waals surface area contributed by atoms with Crippen molar-refractivity contribution in [2.24, 2.45) is 5.73 Å². The highest BCUT2D eigenvalue weighted by atomic mass is 32.1. The number of thiol groups is 1. The van der Waals surface area contributed by atoms with E-state index in [4.69, 9.17) is 5.73 Å². The first-order chi connectivity index (χ1) is 6.41. The van der Waals surface area contributed by atoms with Crippen LogP contribution in [0, 0.1) is 0 Å². The molecular formula is C10H24N2S. The fourth-order valence-corrected chi connectivity index (χ4v) is 1.46. The normalized spacial score (nSPS) is 10.6. The van der Waals surface area contributed by atoms with Gasteiger partial charge in [0.1, 0.15) is 0 Å². The molecule has 0 aliphatic heterocycles. The van der Waals surface area contributed by atoms with Crippen LogP contribution >= 0.6 is 12.6 Å². The third kappa shape index (κ3) is 12.3. The van der Waals surface area contributed by atoms with E-state index < -0.39 is 0 Å². The molecule has 0 fully saturated rings. The molecule has 0 atom stereocenters. The van der Waals surface area contributed by atoms with Gasteiger partial charge in [-0.2, -0.15) is 12.6 Å². The van der Waals surface area contributed by atoms with Crippen LogP contribution in [0.1, 0.15) is 38.5 Å². The highest BCUT2D eigenvalue weighted by Gasteiger charge is 1.90. The zero-order valence-corrected chi connectivity index (χ0v) is 9.49. The largest absolute Gasteiger partial charge is 0.330 e. The molecule has 13 heavy (non-hydrogen) atoms. The van der Waals surface area contributed by atoms with Crippen molar-refractivity contribution in [3.8, 4) is 0 Å². The van der Waals surface area contributed by atoms with Gasteiger partial charge in [0.05, 0.1) is 0 Å². The van der Waals surface area contributed by atoms with Crippen LogP contribution in [0.2, 0.25) is 0 Å². The smallest absolute Gasteiger partial charge is 0.00397 e. The van der Waals surface area contributed by atoms with Gasteiger partial charge >= 0.3 is 0 Å². The summed E-state index contributed by atoms with van der Waals surface area (Å²) in [5.74, 6) is 0.941. The Morgan fingerprint density at radius 1 is 0.846 bits per heavy atom. The summed E-state index contributed by atoms with van der Waals surface area (Å²) < 4.78 is 0. The maximum Gasteiger partial charge on any atom is 0.00397 e. The van der Waals surface area contributed by atoms with Gasteiger partial charge in [-0.25, -0.2) is 0 Å². The fourth-order valence-electron chi connectivity index (χ4n) is 1.31.